The number of carbonyl (C=O) groups is 3. The zero-order chi connectivity index (χ0) is 17.4. The fourth-order valence-corrected chi connectivity index (χ4v) is 2.56. The largest absolute Gasteiger partial charge is 0.450 e. The normalized spacial score (nSPS) is 14.8. The Morgan fingerprint density at radius 2 is 1.65 bits per heavy atom. The molecule has 1 aliphatic rings. The van der Waals surface area contributed by atoms with Gasteiger partial charge in [-0.3, -0.25) is 9.59 Å². The van der Waals surface area contributed by atoms with E-state index in [1.807, 2.05) is 13.8 Å². The van der Waals surface area contributed by atoms with Gasteiger partial charge in [0.1, 0.15) is 0 Å². The summed E-state index contributed by atoms with van der Waals surface area (Å²) in [6.45, 7) is 10.9. The highest BCUT2D eigenvalue weighted by molar-refractivity contribution is 5.78. The van der Waals surface area contributed by atoms with Crippen LogP contribution in [0.4, 0.5) is 4.79 Å². The molecule has 1 rings (SSSR count). The molecule has 0 bridgehead atoms. The summed E-state index contributed by atoms with van der Waals surface area (Å²) in [6, 6.07) is 0. The fraction of sp³-hybridized carbons (Fsp3) is 0.812. The second-order valence-electron chi connectivity index (χ2n) is 6.18. The molecule has 0 aliphatic carbocycles. The Bertz CT molecular complexity index is 418. The van der Waals surface area contributed by atoms with Crippen molar-refractivity contribution in [3.05, 3.63) is 0 Å². The number of carbonyl (C=O) groups excluding carboxylic acids is 3. The van der Waals surface area contributed by atoms with Crippen LogP contribution < -0.4 is 0 Å². The van der Waals surface area contributed by atoms with Crippen LogP contribution in [0.5, 0.6) is 0 Å². The summed E-state index contributed by atoms with van der Waals surface area (Å²) >= 11 is 0. The number of amides is 3. The fourth-order valence-electron chi connectivity index (χ4n) is 2.56. The minimum Gasteiger partial charge on any atom is -0.450 e. The number of hydrogen-bond acceptors (Lipinski definition) is 4. The Labute approximate surface area is 138 Å². The standard InChI is InChI=1S/C16H29N3O4/c1-5-23-16(22)18-10-8-17(9-11-18)15(21)6-7-19(14(4)20)12-13(2)3/h13H,5-12H2,1-4H3. The van der Waals surface area contributed by atoms with Crippen molar-refractivity contribution < 1.29 is 19.1 Å². The molecular formula is C16H29N3O4. The quantitative estimate of drug-likeness (QED) is 0.734. The smallest absolute Gasteiger partial charge is 0.409 e. The van der Waals surface area contributed by atoms with E-state index in [1.165, 1.54) is 6.92 Å². The molecule has 1 saturated heterocycles. The molecule has 0 radical (unpaired) electrons. The van der Waals surface area contributed by atoms with Crippen LogP contribution in [0.1, 0.15) is 34.1 Å². The van der Waals surface area contributed by atoms with E-state index in [0.29, 0.717) is 58.2 Å². The zero-order valence-corrected chi connectivity index (χ0v) is 14.7. The summed E-state index contributed by atoms with van der Waals surface area (Å²) in [5, 5.41) is 0. The van der Waals surface area contributed by atoms with Gasteiger partial charge < -0.3 is 19.4 Å². The molecule has 0 saturated carbocycles. The lowest BCUT2D eigenvalue weighted by Crippen LogP contribution is -2.51. The van der Waals surface area contributed by atoms with E-state index in [4.69, 9.17) is 4.74 Å². The molecule has 0 N–H and O–H groups in total. The molecule has 1 aliphatic heterocycles. The topological polar surface area (TPSA) is 70.2 Å². The molecule has 0 aromatic carbocycles. The van der Waals surface area contributed by atoms with Crippen LogP contribution >= 0.6 is 0 Å². The van der Waals surface area contributed by atoms with Gasteiger partial charge in [0.2, 0.25) is 11.8 Å². The lowest BCUT2D eigenvalue weighted by atomic mass is 10.2. The summed E-state index contributed by atoms with van der Waals surface area (Å²) in [5.74, 6) is 0.407. The van der Waals surface area contributed by atoms with Crippen molar-refractivity contribution in [1.82, 2.24) is 14.7 Å². The van der Waals surface area contributed by atoms with E-state index in [-0.39, 0.29) is 17.9 Å². The van der Waals surface area contributed by atoms with E-state index >= 15 is 0 Å². The van der Waals surface area contributed by atoms with Gasteiger partial charge in [0.25, 0.3) is 0 Å². The lowest BCUT2D eigenvalue weighted by Gasteiger charge is -2.34. The minimum absolute atomic E-state index is 0.00127. The highest BCUT2D eigenvalue weighted by Gasteiger charge is 2.25. The van der Waals surface area contributed by atoms with Gasteiger partial charge in [-0.1, -0.05) is 13.8 Å². The zero-order valence-electron chi connectivity index (χ0n) is 14.7. The second kappa shape index (κ2) is 9.37. The van der Waals surface area contributed by atoms with E-state index < -0.39 is 0 Å². The molecule has 1 fully saturated rings. The Balaban J connectivity index is 2.39. The van der Waals surface area contributed by atoms with E-state index in [9.17, 15) is 14.4 Å². The number of rotatable bonds is 6. The first-order valence-corrected chi connectivity index (χ1v) is 8.30. The second-order valence-corrected chi connectivity index (χ2v) is 6.18. The first-order valence-electron chi connectivity index (χ1n) is 8.30. The minimum atomic E-state index is -0.320. The van der Waals surface area contributed by atoms with Crippen molar-refractivity contribution in [2.45, 2.75) is 34.1 Å². The van der Waals surface area contributed by atoms with Crippen molar-refractivity contribution in [3.63, 3.8) is 0 Å². The van der Waals surface area contributed by atoms with Gasteiger partial charge in [-0.2, -0.15) is 0 Å². The van der Waals surface area contributed by atoms with Gasteiger partial charge in [-0.15, -0.1) is 0 Å². The highest BCUT2D eigenvalue weighted by Crippen LogP contribution is 2.07. The maximum absolute atomic E-state index is 12.3. The van der Waals surface area contributed by atoms with Gasteiger partial charge >= 0.3 is 6.09 Å². The van der Waals surface area contributed by atoms with Crippen LogP contribution in [-0.2, 0) is 14.3 Å². The summed E-state index contributed by atoms with van der Waals surface area (Å²) < 4.78 is 4.96. The maximum atomic E-state index is 12.3. The predicted octanol–water partition coefficient (Wildman–Crippen LogP) is 1.18. The third kappa shape index (κ3) is 6.46. The summed E-state index contributed by atoms with van der Waals surface area (Å²) in [4.78, 5) is 40.6. The lowest BCUT2D eigenvalue weighted by molar-refractivity contribution is -0.134. The third-order valence-corrected chi connectivity index (χ3v) is 3.78. The van der Waals surface area contributed by atoms with Crippen molar-refractivity contribution in [1.29, 1.82) is 0 Å². The third-order valence-electron chi connectivity index (χ3n) is 3.78. The molecule has 23 heavy (non-hydrogen) atoms. The molecule has 1 heterocycles. The van der Waals surface area contributed by atoms with Crippen LogP contribution in [0.3, 0.4) is 0 Å². The summed E-state index contributed by atoms with van der Waals surface area (Å²) in [5.41, 5.74) is 0. The molecular weight excluding hydrogens is 298 g/mol. The molecule has 0 spiro atoms. The van der Waals surface area contributed by atoms with Gasteiger partial charge in [-0.05, 0) is 12.8 Å². The first kappa shape index (κ1) is 19.3. The molecule has 132 valence electrons. The molecule has 7 heteroatoms. The van der Waals surface area contributed by atoms with Crippen LogP contribution in [0.15, 0.2) is 0 Å². The SMILES string of the molecule is CCOC(=O)N1CCN(C(=O)CCN(CC(C)C)C(C)=O)CC1. The van der Waals surface area contributed by atoms with E-state index in [0.717, 1.165) is 0 Å². The number of hydrogen-bond donors (Lipinski definition) is 0. The molecule has 7 nitrogen and oxygen atoms in total. The van der Waals surface area contributed by atoms with Gasteiger partial charge in [0.05, 0.1) is 6.61 Å². The monoisotopic (exact) mass is 327 g/mol. The van der Waals surface area contributed by atoms with Crippen LogP contribution in [0.25, 0.3) is 0 Å². The van der Waals surface area contributed by atoms with Crippen LogP contribution in [0, 0.1) is 5.92 Å². The Kier molecular flexibility index (Phi) is 7.85. The van der Waals surface area contributed by atoms with E-state index in [2.05, 4.69) is 0 Å². The summed E-state index contributed by atoms with van der Waals surface area (Å²) in [7, 11) is 0. The molecule has 0 atom stereocenters. The van der Waals surface area contributed by atoms with Crippen molar-refractivity contribution in [2.75, 3.05) is 45.9 Å². The predicted molar refractivity (Wildman–Crippen MR) is 86.9 cm³/mol. The van der Waals surface area contributed by atoms with Crippen LogP contribution in [-0.4, -0.2) is 78.5 Å². The van der Waals surface area contributed by atoms with Crippen LogP contribution in [0.2, 0.25) is 0 Å². The maximum Gasteiger partial charge on any atom is 0.409 e. The van der Waals surface area contributed by atoms with E-state index in [1.54, 1.807) is 21.6 Å². The van der Waals surface area contributed by atoms with Gasteiger partial charge in [0, 0.05) is 52.6 Å². The first-order chi connectivity index (χ1) is 10.8. The van der Waals surface area contributed by atoms with Gasteiger partial charge in [-0.25, -0.2) is 4.79 Å². The molecule has 3 amide bonds. The number of piperazine rings is 1. The number of ether oxygens (including phenoxy) is 1. The van der Waals surface area contributed by atoms with Gasteiger partial charge in [0.15, 0.2) is 0 Å². The molecule has 0 aromatic heterocycles. The Hall–Kier alpha value is -1.79. The average Bonchev–Trinajstić information content (AvgIpc) is 2.51. The Morgan fingerprint density at radius 1 is 1.09 bits per heavy atom. The Morgan fingerprint density at radius 3 is 2.13 bits per heavy atom. The molecule has 0 aromatic rings. The average molecular weight is 327 g/mol. The van der Waals surface area contributed by atoms with Crippen molar-refractivity contribution in [2.24, 2.45) is 5.92 Å². The number of nitrogens with zero attached hydrogens (tertiary/aromatic N) is 3. The summed E-state index contributed by atoms with van der Waals surface area (Å²) in [6.07, 6.45) is 0.00500. The highest BCUT2D eigenvalue weighted by atomic mass is 16.6. The van der Waals surface area contributed by atoms with Crippen molar-refractivity contribution >= 4 is 17.9 Å². The molecule has 0 unspecified atom stereocenters. The van der Waals surface area contributed by atoms with Crippen molar-refractivity contribution in [3.8, 4) is 0 Å².